The van der Waals surface area contributed by atoms with Gasteiger partial charge in [-0.2, -0.15) is 0 Å². The molecular weight excluding hydrogens is 392 g/mol. The third-order valence-electron chi connectivity index (χ3n) is 5.54. The van der Waals surface area contributed by atoms with Gasteiger partial charge in [0.1, 0.15) is 12.3 Å². The van der Waals surface area contributed by atoms with Crippen molar-refractivity contribution < 1.29 is 14.0 Å². The molecule has 31 heavy (non-hydrogen) atoms. The molecule has 0 unspecified atom stereocenters. The quantitative estimate of drug-likeness (QED) is 0.595. The molecule has 1 saturated carbocycles. The van der Waals surface area contributed by atoms with Gasteiger partial charge in [-0.15, -0.1) is 0 Å². The minimum atomic E-state index is -0.239. The van der Waals surface area contributed by atoms with E-state index in [-0.39, 0.29) is 24.5 Å². The summed E-state index contributed by atoms with van der Waals surface area (Å²) in [4.78, 5) is 29.6. The van der Waals surface area contributed by atoms with Crippen LogP contribution in [-0.4, -0.2) is 38.9 Å². The lowest BCUT2D eigenvalue weighted by atomic mass is 10.2. The molecular formula is C24H28N4O3. The van der Waals surface area contributed by atoms with Gasteiger partial charge in [0.25, 0.3) is 0 Å². The SMILES string of the molecule is Cc1ccc(NC(=O)N(CC(=O)N(Cc2ccco2)Cc2cccn2C)C2CC2)cc1. The molecule has 0 spiro atoms. The topological polar surface area (TPSA) is 70.7 Å². The first-order valence-corrected chi connectivity index (χ1v) is 10.5. The number of carbonyl (C=O) groups is 2. The van der Waals surface area contributed by atoms with Gasteiger partial charge < -0.3 is 24.1 Å². The van der Waals surface area contributed by atoms with Gasteiger partial charge in [0.15, 0.2) is 0 Å². The van der Waals surface area contributed by atoms with Crippen LogP contribution in [0, 0.1) is 6.92 Å². The fraction of sp³-hybridized carbons (Fsp3) is 0.333. The molecule has 2 heterocycles. The maximum absolute atomic E-state index is 13.3. The van der Waals surface area contributed by atoms with Gasteiger partial charge in [-0.3, -0.25) is 4.79 Å². The molecule has 0 aliphatic heterocycles. The van der Waals surface area contributed by atoms with E-state index in [1.54, 1.807) is 16.1 Å². The molecule has 7 heteroatoms. The zero-order valence-electron chi connectivity index (χ0n) is 18.0. The summed E-state index contributed by atoms with van der Waals surface area (Å²) >= 11 is 0. The summed E-state index contributed by atoms with van der Waals surface area (Å²) in [5.41, 5.74) is 2.87. The molecule has 1 fully saturated rings. The zero-order chi connectivity index (χ0) is 21.8. The Morgan fingerprint density at radius 2 is 1.87 bits per heavy atom. The van der Waals surface area contributed by atoms with E-state index in [4.69, 9.17) is 4.42 Å². The molecule has 0 radical (unpaired) electrons. The first kappa shape index (κ1) is 20.8. The van der Waals surface area contributed by atoms with E-state index < -0.39 is 0 Å². The van der Waals surface area contributed by atoms with E-state index in [0.29, 0.717) is 18.8 Å². The van der Waals surface area contributed by atoms with E-state index >= 15 is 0 Å². The van der Waals surface area contributed by atoms with E-state index in [1.807, 2.05) is 73.3 Å². The Labute approximate surface area is 182 Å². The lowest BCUT2D eigenvalue weighted by Gasteiger charge is -2.27. The van der Waals surface area contributed by atoms with Crippen LogP contribution in [0.15, 0.2) is 65.4 Å². The van der Waals surface area contributed by atoms with Crippen molar-refractivity contribution in [2.75, 3.05) is 11.9 Å². The predicted molar refractivity (Wildman–Crippen MR) is 118 cm³/mol. The molecule has 0 atom stereocenters. The molecule has 1 N–H and O–H groups in total. The monoisotopic (exact) mass is 420 g/mol. The van der Waals surface area contributed by atoms with Crippen molar-refractivity contribution in [3.05, 3.63) is 78.0 Å². The van der Waals surface area contributed by atoms with Crippen molar-refractivity contribution in [3.8, 4) is 0 Å². The Kier molecular flexibility index (Phi) is 6.11. The molecule has 1 aliphatic rings. The zero-order valence-corrected chi connectivity index (χ0v) is 18.0. The number of rotatable bonds is 8. The minimum absolute atomic E-state index is 0.0352. The van der Waals surface area contributed by atoms with E-state index in [2.05, 4.69) is 5.32 Å². The fourth-order valence-corrected chi connectivity index (χ4v) is 3.51. The first-order valence-electron chi connectivity index (χ1n) is 10.5. The van der Waals surface area contributed by atoms with Crippen molar-refractivity contribution in [2.45, 2.75) is 38.9 Å². The number of aromatic nitrogens is 1. The second-order valence-corrected chi connectivity index (χ2v) is 8.09. The molecule has 4 rings (SSSR count). The standard InChI is InChI=1S/C24H28N4O3/c1-18-7-9-19(10-8-18)25-24(30)28(20-11-12-20)17-23(29)27(16-22-6-4-14-31-22)15-21-5-3-13-26(21)2/h3-10,13-14,20H,11-12,15-17H2,1-2H3,(H,25,30). The third-order valence-corrected chi connectivity index (χ3v) is 5.54. The number of nitrogens with one attached hydrogen (secondary N) is 1. The van der Waals surface area contributed by atoms with Crippen molar-refractivity contribution >= 4 is 17.6 Å². The number of carbonyl (C=O) groups excluding carboxylic acids is 2. The minimum Gasteiger partial charge on any atom is -0.467 e. The number of amides is 3. The van der Waals surface area contributed by atoms with Crippen molar-refractivity contribution in [1.29, 1.82) is 0 Å². The van der Waals surface area contributed by atoms with Gasteiger partial charge in [-0.05, 0) is 56.2 Å². The molecule has 1 aromatic carbocycles. The normalized spacial score (nSPS) is 13.1. The van der Waals surface area contributed by atoms with E-state index in [1.165, 1.54) is 0 Å². The van der Waals surface area contributed by atoms with Gasteiger partial charge in [0.2, 0.25) is 5.91 Å². The summed E-state index contributed by atoms with van der Waals surface area (Å²) in [6, 6.07) is 15.1. The van der Waals surface area contributed by atoms with Crippen LogP contribution in [0.2, 0.25) is 0 Å². The second-order valence-electron chi connectivity index (χ2n) is 8.09. The van der Waals surface area contributed by atoms with Crippen LogP contribution in [0.1, 0.15) is 29.9 Å². The third kappa shape index (κ3) is 5.36. The van der Waals surface area contributed by atoms with Crippen molar-refractivity contribution in [1.82, 2.24) is 14.4 Å². The molecule has 7 nitrogen and oxygen atoms in total. The fourth-order valence-electron chi connectivity index (χ4n) is 3.51. The highest BCUT2D eigenvalue weighted by molar-refractivity contribution is 5.92. The van der Waals surface area contributed by atoms with Gasteiger partial charge >= 0.3 is 6.03 Å². The average Bonchev–Trinajstić information content (AvgIpc) is 3.31. The summed E-state index contributed by atoms with van der Waals surface area (Å²) in [6.45, 7) is 2.84. The largest absolute Gasteiger partial charge is 0.467 e. The maximum atomic E-state index is 13.3. The van der Waals surface area contributed by atoms with Gasteiger partial charge in [-0.1, -0.05) is 17.7 Å². The van der Waals surface area contributed by atoms with Crippen LogP contribution in [0.5, 0.6) is 0 Å². The number of hydrogen-bond donors (Lipinski definition) is 1. The molecule has 2 aromatic heterocycles. The lowest BCUT2D eigenvalue weighted by molar-refractivity contribution is -0.133. The summed E-state index contributed by atoms with van der Waals surface area (Å²) in [5, 5.41) is 2.93. The Morgan fingerprint density at radius 1 is 1.10 bits per heavy atom. The van der Waals surface area contributed by atoms with Crippen molar-refractivity contribution in [2.24, 2.45) is 7.05 Å². The van der Waals surface area contributed by atoms with Crippen molar-refractivity contribution in [3.63, 3.8) is 0 Å². The number of anilines is 1. The van der Waals surface area contributed by atoms with E-state index in [0.717, 1.165) is 29.8 Å². The Bertz CT molecular complexity index is 1020. The summed E-state index contributed by atoms with van der Waals surface area (Å²) in [7, 11) is 1.95. The Morgan fingerprint density at radius 3 is 2.48 bits per heavy atom. The number of nitrogens with zero attached hydrogens (tertiary/aromatic N) is 3. The summed E-state index contributed by atoms with van der Waals surface area (Å²) in [5.74, 6) is 0.605. The number of urea groups is 1. The molecule has 162 valence electrons. The Hall–Kier alpha value is -3.48. The van der Waals surface area contributed by atoms with Gasteiger partial charge in [-0.25, -0.2) is 4.79 Å². The highest BCUT2D eigenvalue weighted by Crippen LogP contribution is 2.28. The number of furan rings is 1. The first-order chi connectivity index (χ1) is 15.0. The van der Waals surface area contributed by atoms with Gasteiger partial charge in [0.05, 0.1) is 19.4 Å². The maximum Gasteiger partial charge on any atom is 0.322 e. The van der Waals surface area contributed by atoms with Gasteiger partial charge in [0, 0.05) is 30.7 Å². The number of hydrogen-bond acceptors (Lipinski definition) is 3. The summed E-state index contributed by atoms with van der Waals surface area (Å²) < 4.78 is 7.46. The average molecular weight is 421 g/mol. The molecule has 1 aliphatic carbocycles. The predicted octanol–water partition coefficient (Wildman–Crippen LogP) is 4.15. The van der Waals surface area contributed by atoms with Crippen LogP contribution < -0.4 is 5.32 Å². The molecule has 3 amide bonds. The van der Waals surface area contributed by atoms with Crippen LogP contribution >= 0.6 is 0 Å². The number of benzene rings is 1. The summed E-state index contributed by atoms with van der Waals surface area (Å²) in [6.07, 6.45) is 5.40. The highest BCUT2D eigenvalue weighted by atomic mass is 16.3. The van der Waals surface area contributed by atoms with Crippen LogP contribution in [0.3, 0.4) is 0 Å². The molecule has 0 bridgehead atoms. The smallest absolute Gasteiger partial charge is 0.322 e. The van der Waals surface area contributed by atoms with E-state index in [9.17, 15) is 9.59 Å². The lowest BCUT2D eigenvalue weighted by Crippen LogP contribution is -2.45. The second kappa shape index (κ2) is 9.12. The van der Waals surface area contributed by atoms with Crippen LogP contribution in [0.25, 0.3) is 0 Å². The molecule has 3 aromatic rings. The highest BCUT2D eigenvalue weighted by Gasteiger charge is 2.35. The Balaban J connectivity index is 1.47. The van der Waals surface area contributed by atoms with Crippen LogP contribution in [0.4, 0.5) is 10.5 Å². The van der Waals surface area contributed by atoms with Crippen LogP contribution in [-0.2, 0) is 24.9 Å². The molecule has 0 saturated heterocycles. The number of aryl methyl sites for hydroxylation is 2.